The van der Waals surface area contributed by atoms with Gasteiger partial charge in [0.1, 0.15) is 4.88 Å². The molecule has 1 aromatic heterocycles. The fourth-order valence-corrected chi connectivity index (χ4v) is 3.62. The maximum absolute atomic E-state index is 12.4. The number of ether oxygens (including phenoxy) is 3. The monoisotopic (exact) mass is 395 g/mol. The summed E-state index contributed by atoms with van der Waals surface area (Å²) in [6, 6.07) is 16.9. The van der Waals surface area contributed by atoms with Gasteiger partial charge in [0.05, 0.1) is 0 Å². The summed E-state index contributed by atoms with van der Waals surface area (Å²) in [6.07, 6.45) is 0. The number of fused-ring (bicyclic) bond motifs is 1. The molecule has 1 N–H and O–H groups in total. The molecule has 28 heavy (non-hydrogen) atoms. The first-order valence-electron chi connectivity index (χ1n) is 8.66. The molecule has 1 aliphatic heterocycles. The molecule has 0 unspecified atom stereocenters. The summed E-state index contributed by atoms with van der Waals surface area (Å²) in [7, 11) is 0. The zero-order chi connectivity index (χ0) is 19.3. The smallest absolute Gasteiger partial charge is 0.349 e. The molecular formula is C21H17NO5S. The quantitative estimate of drug-likeness (QED) is 0.646. The second-order valence-electron chi connectivity index (χ2n) is 6.07. The molecule has 0 saturated heterocycles. The van der Waals surface area contributed by atoms with E-state index in [1.165, 1.54) is 11.3 Å². The van der Waals surface area contributed by atoms with Crippen LogP contribution in [0.5, 0.6) is 11.5 Å². The third-order valence-electron chi connectivity index (χ3n) is 4.20. The predicted molar refractivity (Wildman–Crippen MR) is 104 cm³/mol. The van der Waals surface area contributed by atoms with Crippen LogP contribution in [0.1, 0.15) is 15.2 Å². The van der Waals surface area contributed by atoms with Crippen LogP contribution in [0.2, 0.25) is 0 Å². The summed E-state index contributed by atoms with van der Waals surface area (Å²) >= 11 is 1.29. The Morgan fingerprint density at radius 1 is 1.04 bits per heavy atom. The van der Waals surface area contributed by atoms with E-state index in [1.54, 1.807) is 6.07 Å². The van der Waals surface area contributed by atoms with Gasteiger partial charge in [-0.25, -0.2) is 4.79 Å². The van der Waals surface area contributed by atoms with Crippen LogP contribution in [0.3, 0.4) is 0 Å². The van der Waals surface area contributed by atoms with Crippen molar-refractivity contribution < 1.29 is 23.8 Å². The minimum Gasteiger partial charge on any atom is -0.454 e. The minimum atomic E-state index is -0.507. The highest BCUT2D eigenvalue weighted by molar-refractivity contribution is 7.12. The van der Waals surface area contributed by atoms with Gasteiger partial charge in [-0.05, 0) is 34.7 Å². The summed E-state index contributed by atoms with van der Waals surface area (Å²) in [5.74, 6) is 0.467. The number of rotatable bonds is 6. The Morgan fingerprint density at radius 3 is 2.71 bits per heavy atom. The van der Waals surface area contributed by atoms with Crippen molar-refractivity contribution in [2.75, 3.05) is 13.4 Å². The molecule has 2 aromatic carbocycles. The Labute approximate surface area is 165 Å². The second kappa shape index (κ2) is 8.14. The molecule has 1 amide bonds. The summed E-state index contributed by atoms with van der Waals surface area (Å²) in [5.41, 5.74) is 2.60. The van der Waals surface area contributed by atoms with E-state index in [0.717, 1.165) is 16.7 Å². The molecular weight excluding hydrogens is 378 g/mol. The van der Waals surface area contributed by atoms with Crippen LogP contribution < -0.4 is 14.8 Å². The number of amides is 1. The van der Waals surface area contributed by atoms with Crippen molar-refractivity contribution in [1.29, 1.82) is 0 Å². The zero-order valence-electron chi connectivity index (χ0n) is 14.8. The van der Waals surface area contributed by atoms with Gasteiger partial charge in [0.15, 0.2) is 18.1 Å². The van der Waals surface area contributed by atoms with Crippen LogP contribution in [0, 0.1) is 0 Å². The van der Waals surface area contributed by atoms with Crippen LogP contribution >= 0.6 is 11.3 Å². The lowest BCUT2D eigenvalue weighted by atomic mass is 10.1. The maximum atomic E-state index is 12.4. The summed E-state index contributed by atoms with van der Waals surface area (Å²) < 4.78 is 15.8. The van der Waals surface area contributed by atoms with Gasteiger partial charge in [-0.15, -0.1) is 11.3 Å². The largest absolute Gasteiger partial charge is 0.454 e. The molecule has 0 spiro atoms. The van der Waals surface area contributed by atoms with E-state index in [2.05, 4.69) is 5.32 Å². The van der Waals surface area contributed by atoms with E-state index >= 15 is 0 Å². The van der Waals surface area contributed by atoms with Crippen molar-refractivity contribution in [3.63, 3.8) is 0 Å². The summed E-state index contributed by atoms with van der Waals surface area (Å²) in [6.45, 7) is 0.172. The summed E-state index contributed by atoms with van der Waals surface area (Å²) in [4.78, 5) is 24.9. The van der Waals surface area contributed by atoms with Crippen LogP contribution in [-0.2, 0) is 16.1 Å². The SMILES string of the molecule is O=C(COC(=O)c1sccc1-c1ccccc1)NCc1ccc2c(c1)OCO2. The van der Waals surface area contributed by atoms with Gasteiger partial charge >= 0.3 is 5.97 Å². The van der Waals surface area contributed by atoms with Gasteiger partial charge in [0.25, 0.3) is 5.91 Å². The van der Waals surface area contributed by atoms with Crippen LogP contribution in [-0.4, -0.2) is 25.3 Å². The van der Waals surface area contributed by atoms with E-state index in [9.17, 15) is 9.59 Å². The van der Waals surface area contributed by atoms with Crippen molar-refractivity contribution in [2.24, 2.45) is 0 Å². The molecule has 6 nitrogen and oxygen atoms in total. The first-order valence-corrected chi connectivity index (χ1v) is 9.54. The average Bonchev–Trinajstić information content (AvgIpc) is 3.40. The van der Waals surface area contributed by atoms with Gasteiger partial charge in [-0.2, -0.15) is 0 Å². The molecule has 0 atom stereocenters. The second-order valence-corrected chi connectivity index (χ2v) is 6.99. The van der Waals surface area contributed by atoms with E-state index in [1.807, 2.05) is 53.9 Å². The first-order chi connectivity index (χ1) is 13.7. The van der Waals surface area contributed by atoms with E-state index in [0.29, 0.717) is 22.9 Å². The van der Waals surface area contributed by atoms with Gasteiger partial charge in [-0.1, -0.05) is 36.4 Å². The molecule has 0 radical (unpaired) electrons. The van der Waals surface area contributed by atoms with E-state index in [-0.39, 0.29) is 19.3 Å². The highest BCUT2D eigenvalue weighted by atomic mass is 32.1. The Hall–Kier alpha value is -3.32. The van der Waals surface area contributed by atoms with Gasteiger partial charge in [0.2, 0.25) is 6.79 Å². The van der Waals surface area contributed by atoms with Gasteiger partial charge < -0.3 is 19.5 Å². The van der Waals surface area contributed by atoms with Crippen molar-refractivity contribution >= 4 is 23.2 Å². The Bertz CT molecular complexity index is 999. The van der Waals surface area contributed by atoms with Gasteiger partial charge in [-0.3, -0.25) is 4.79 Å². The van der Waals surface area contributed by atoms with Crippen molar-refractivity contribution in [3.05, 3.63) is 70.4 Å². The van der Waals surface area contributed by atoms with Crippen LogP contribution in [0.15, 0.2) is 60.0 Å². The number of esters is 1. The lowest BCUT2D eigenvalue weighted by Crippen LogP contribution is -2.28. The molecule has 4 rings (SSSR count). The number of carbonyl (C=O) groups excluding carboxylic acids is 2. The molecule has 2 heterocycles. The molecule has 1 aliphatic rings. The van der Waals surface area contributed by atoms with Crippen LogP contribution in [0.4, 0.5) is 0 Å². The lowest BCUT2D eigenvalue weighted by molar-refractivity contribution is -0.124. The van der Waals surface area contributed by atoms with Crippen molar-refractivity contribution in [2.45, 2.75) is 6.54 Å². The third-order valence-corrected chi connectivity index (χ3v) is 5.09. The Kier molecular flexibility index (Phi) is 5.25. The molecule has 7 heteroatoms. The number of nitrogens with one attached hydrogen (secondary N) is 1. The highest BCUT2D eigenvalue weighted by Crippen LogP contribution is 2.32. The van der Waals surface area contributed by atoms with E-state index in [4.69, 9.17) is 14.2 Å². The molecule has 0 fully saturated rings. The highest BCUT2D eigenvalue weighted by Gasteiger charge is 2.17. The Balaban J connectivity index is 1.31. The number of hydrogen-bond acceptors (Lipinski definition) is 6. The van der Waals surface area contributed by atoms with E-state index < -0.39 is 5.97 Å². The minimum absolute atomic E-state index is 0.203. The molecule has 0 bridgehead atoms. The topological polar surface area (TPSA) is 73.9 Å². The first kappa shape index (κ1) is 18.1. The zero-order valence-corrected chi connectivity index (χ0v) is 15.7. The number of benzene rings is 2. The number of carbonyl (C=O) groups is 2. The predicted octanol–water partition coefficient (Wildman–Crippen LogP) is 3.62. The molecule has 0 aliphatic carbocycles. The third kappa shape index (κ3) is 3.99. The molecule has 142 valence electrons. The molecule has 3 aromatic rings. The summed E-state index contributed by atoms with van der Waals surface area (Å²) in [5, 5.41) is 4.56. The average molecular weight is 395 g/mol. The maximum Gasteiger partial charge on any atom is 0.349 e. The normalized spacial score (nSPS) is 11.9. The number of hydrogen-bond donors (Lipinski definition) is 1. The molecule has 0 saturated carbocycles. The fourth-order valence-electron chi connectivity index (χ4n) is 2.81. The fraction of sp³-hybridized carbons (Fsp3) is 0.143. The Morgan fingerprint density at radius 2 is 1.86 bits per heavy atom. The van der Waals surface area contributed by atoms with Crippen molar-refractivity contribution in [3.8, 4) is 22.6 Å². The standard InChI is InChI=1S/C21H17NO5S/c23-19(22-11-14-6-7-17-18(10-14)27-13-26-17)12-25-21(24)20-16(8-9-28-20)15-4-2-1-3-5-15/h1-10H,11-13H2,(H,22,23). The number of thiophene rings is 1. The van der Waals surface area contributed by atoms with Gasteiger partial charge in [0, 0.05) is 12.1 Å². The lowest BCUT2D eigenvalue weighted by Gasteiger charge is -2.08. The van der Waals surface area contributed by atoms with Crippen LogP contribution in [0.25, 0.3) is 11.1 Å². The van der Waals surface area contributed by atoms with Crippen molar-refractivity contribution in [1.82, 2.24) is 5.32 Å².